The molecule has 0 aliphatic carbocycles. The molecule has 0 spiro atoms. The fraction of sp³-hybridized carbons (Fsp3) is 0.951. The van der Waals surface area contributed by atoms with Gasteiger partial charge in [0.25, 0.3) is 0 Å². The van der Waals surface area contributed by atoms with E-state index >= 15 is 0 Å². The third-order valence-electron chi connectivity index (χ3n) is 9.39. The van der Waals surface area contributed by atoms with Crippen LogP contribution in [0.3, 0.4) is 0 Å². The average molecular weight is 749 g/mol. The van der Waals surface area contributed by atoms with Gasteiger partial charge in [0.2, 0.25) is 0 Å². The molecule has 0 fully saturated rings. The standard InChI is InChI=1S/C41H82NO8P/c1-6-8-10-12-14-16-17-18-19-20-21-22-23-24-26-27-29-31-33-40(43)47-37-39(38-49-51(45,46)48-36-35-42(3,4)5)50-41(44)34-32-30-28-25-15-13-11-9-7-2/h39H,6-38H2,1-5H3/p+1/t39-/m1/s1. The van der Waals surface area contributed by atoms with E-state index in [0.29, 0.717) is 23.9 Å². The first-order valence-electron chi connectivity index (χ1n) is 21.3. The maximum absolute atomic E-state index is 12.6. The van der Waals surface area contributed by atoms with Crippen molar-refractivity contribution in [3.63, 3.8) is 0 Å². The quantitative estimate of drug-likeness (QED) is 0.0286. The zero-order valence-corrected chi connectivity index (χ0v) is 35.0. The number of esters is 2. The summed E-state index contributed by atoms with van der Waals surface area (Å²) in [6.45, 7) is 4.42. The fourth-order valence-electron chi connectivity index (χ4n) is 6.01. The van der Waals surface area contributed by atoms with E-state index in [0.717, 1.165) is 32.1 Å². The summed E-state index contributed by atoms with van der Waals surface area (Å²) in [5.41, 5.74) is 0. The number of carbonyl (C=O) groups excluding carboxylic acids is 2. The van der Waals surface area contributed by atoms with Crippen LogP contribution in [0.25, 0.3) is 0 Å². The maximum atomic E-state index is 12.6. The Bertz CT molecular complexity index is 850. The van der Waals surface area contributed by atoms with Crippen LogP contribution in [0.15, 0.2) is 0 Å². The van der Waals surface area contributed by atoms with Crippen LogP contribution in [0.4, 0.5) is 0 Å². The second-order valence-electron chi connectivity index (χ2n) is 15.7. The van der Waals surface area contributed by atoms with Gasteiger partial charge in [-0.25, -0.2) is 4.57 Å². The Hall–Kier alpha value is -0.990. The van der Waals surface area contributed by atoms with Crippen molar-refractivity contribution in [3.8, 4) is 0 Å². The summed E-state index contributed by atoms with van der Waals surface area (Å²) in [6, 6.07) is 0. The highest BCUT2D eigenvalue weighted by Crippen LogP contribution is 2.43. The van der Waals surface area contributed by atoms with Gasteiger partial charge in [-0.2, -0.15) is 0 Å². The van der Waals surface area contributed by atoms with Crippen LogP contribution in [-0.4, -0.2) is 74.9 Å². The van der Waals surface area contributed by atoms with Crippen LogP contribution in [0.2, 0.25) is 0 Å². The third kappa shape index (κ3) is 38.5. The normalized spacial score (nSPS) is 13.6. The smallest absolute Gasteiger partial charge is 0.462 e. The lowest BCUT2D eigenvalue weighted by molar-refractivity contribution is -0.870. The van der Waals surface area contributed by atoms with Gasteiger partial charge in [0, 0.05) is 12.8 Å². The molecule has 9 nitrogen and oxygen atoms in total. The number of ether oxygens (including phenoxy) is 2. The van der Waals surface area contributed by atoms with Gasteiger partial charge in [-0.1, -0.05) is 174 Å². The van der Waals surface area contributed by atoms with Crippen molar-refractivity contribution >= 4 is 19.8 Å². The molecule has 0 saturated carbocycles. The molecular weight excluding hydrogens is 665 g/mol. The van der Waals surface area contributed by atoms with Crippen molar-refractivity contribution < 1.29 is 42.1 Å². The van der Waals surface area contributed by atoms with E-state index in [-0.39, 0.29) is 25.6 Å². The minimum atomic E-state index is -4.36. The number of phosphoric acid groups is 1. The van der Waals surface area contributed by atoms with Gasteiger partial charge in [-0.3, -0.25) is 18.6 Å². The number of rotatable bonds is 39. The first-order valence-corrected chi connectivity index (χ1v) is 22.8. The van der Waals surface area contributed by atoms with Crippen LogP contribution in [0.5, 0.6) is 0 Å². The van der Waals surface area contributed by atoms with Crippen LogP contribution in [0.1, 0.15) is 200 Å². The SMILES string of the molecule is CCCCCCCCCCCCCCCCCCCCC(=O)OC[C@H](COP(=O)(O)OCC[N+](C)(C)C)OC(=O)CCCCCCCCCCC. The molecule has 304 valence electrons. The summed E-state index contributed by atoms with van der Waals surface area (Å²) in [5, 5.41) is 0. The highest BCUT2D eigenvalue weighted by molar-refractivity contribution is 7.47. The first-order chi connectivity index (χ1) is 24.5. The molecule has 51 heavy (non-hydrogen) atoms. The van der Waals surface area contributed by atoms with Crippen LogP contribution >= 0.6 is 7.82 Å². The van der Waals surface area contributed by atoms with Gasteiger partial charge in [-0.15, -0.1) is 0 Å². The van der Waals surface area contributed by atoms with Crippen LogP contribution < -0.4 is 0 Å². The van der Waals surface area contributed by atoms with Crippen molar-refractivity contribution in [3.05, 3.63) is 0 Å². The van der Waals surface area contributed by atoms with Gasteiger partial charge >= 0.3 is 19.8 Å². The van der Waals surface area contributed by atoms with Crippen molar-refractivity contribution in [2.75, 3.05) is 47.5 Å². The minimum absolute atomic E-state index is 0.0364. The van der Waals surface area contributed by atoms with E-state index in [2.05, 4.69) is 13.8 Å². The molecular formula is C41H83NO8P+. The number of hydrogen-bond donors (Lipinski definition) is 1. The molecule has 10 heteroatoms. The van der Waals surface area contributed by atoms with Crippen molar-refractivity contribution in [2.45, 2.75) is 206 Å². The second kappa shape index (κ2) is 34.8. The molecule has 0 aliphatic heterocycles. The third-order valence-corrected chi connectivity index (χ3v) is 10.4. The van der Waals surface area contributed by atoms with Gasteiger partial charge < -0.3 is 18.9 Å². The Labute approximate surface area is 314 Å². The Morgan fingerprint density at radius 2 is 0.882 bits per heavy atom. The predicted octanol–water partition coefficient (Wildman–Crippen LogP) is 11.6. The zero-order valence-electron chi connectivity index (χ0n) is 34.1. The molecule has 0 radical (unpaired) electrons. The van der Waals surface area contributed by atoms with Crippen molar-refractivity contribution in [1.29, 1.82) is 0 Å². The molecule has 0 bridgehead atoms. The van der Waals surface area contributed by atoms with Crippen LogP contribution in [-0.2, 0) is 32.7 Å². The number of carbonyl (C=O) groups is 2. The molecule has 2 atom stereocenters. The highest BCUT2D eigenvalue weighted by atomic mass is 31.2. The lowest BCUT2D eigenvalue weighted by Gasteiger charge is -2.24. The van der Waals surface area contributed by atoms with E-state index in [1.165, 1.54) is 135 Å². The fourth-order valence-corrected chi connectivity index (χ4v) is 6.76. The van der Waals surface area contributed by atoms with E-state index in [9.17, 15) is 19.0 Å². The lowest BCUT2D eigenvalue weighted by atomic mass is 10.0. The van der Waals surface area contributed by atoms with E-state index < -0.39 is 26.5 Å². The maximum Gasteiger partial charge on any atom is 0.472 e. The molecule has 0 rings (SSSR count). The Kier molecular flexibility index (Phi) is 34.1. The number of unbranched alkanes of at least 4 members (excludes halogenated alkanes) is 25. The van der Waals surface area contributed by atoms with Crippen molar-refractivity contribution in [1.82, 2.24) is 0 Å². The predicted molar refractivity (Wildman–Crippen MR) is 211 cm³/mol. The van der Waals surface area contributed by atoms with Crippen LogP contribution in [0, 0.1) is 0 Å². The van der Waals surface area contributed by atoms with Gasteiger partial charge in [0.1, 0.15) is 19.8 Å². The molecule has 1 unspecified atom stereocenters. The molecule has 0 aromatic heterocycles. The molecule has 0 saturated heterocycles. The highest BCUT2D eigenvalue weighted by Gasteiger charge is 2.27. The first kappa shape index (κ1) is 50.0. The number of phosphoric ester groups is 1. The molecule has 0 aromatic carbocycles. The number of hydrogen-bond acceptors (Lipinski definition) is 7. The van der Waals surface area contributed by atoms with Gasteiger partial charge in [-0.05, 0) is 12.8 Å². The van der Waals surface area contributed by atoms with Gasteiger partial charge in [0.05, 0.1) is 27.7 Å². The zero-order chi connectivity index (χ0) is 37.9. The Morgan fingerprint density at radius 1 is 0.529 bits per heavy atom. The summed E-state index contributed by atoms with van der Waals surface area (Å²) in [4.78, 5) is 35.2. The van der Waals surface area contributed by atoms with E-state index in [4.69, 9.17) is 18.5 Å². The summed E-state index contributed by atoms with van der Waals surface area (Å²) in [6.07, 6.45) is 33.0. The molecule has 0 aromatic rings. The summed E-state index contributed by atoms with van der Waals surface area (Å²) in [7, 11) is 1.49. The number of likely N-dealkylation sites (N-methyl/N-ethyl adjacent to an activating group) is 1. The topological polar surface area (TPSA) is 108 Å². The van der Waals surface area contributed by atoms with Crippen molar-refractivity contribution in [2.24, 2.45) is 0 Å². The molecule has 0 amide bonds. The lowest BCUT2D eigenvalue weighted by Crippen LogP contribution is -2.37. The minimum Gasteiger partial charge on any atom is -0.462 e. The molecule has 0 aliphatic rings. The Morgan fingerprint density at radius 3 is 1.25 bits per heavy atom. The average Bonchev–Trinajstić information content (AvgIpc) is 3.07. The molecule has 0 heterocycles. The second-order valence-corrected chi connectivity index (χ2v) is 17.2. The van der Waals surface area contributed by atoms with E-state index in [1.807, 2.05) is 21.1 Å². The monoisotopic (exact) mass is 749 g/mol. The summed E-state index contributed by atoms with van der Waals surface area (Å²) in [5.74, 6) is -0.789. The number of quaternary nitrogens is 1. The summed E-state index contributed by atoms with van der Waals surface area (Å²) >= 11 is 0. The molecule has 1 N–H and O–H groups in total. The Balaban J connectivity index is 4.23. The largest absolute Gasteiger partial charge is 0.472 e. The van der Waals surface area contributed by atoms with Gasteiger partial charge in [0.15, 0.2) is 6.10 Å². The summed E-state index contributed by atoms with van der Waals surface area (Å²) < 4.78 is 34.2. The number of nitrogens with zero attached hydrogens (tertiary/aromatic N) is 1. The van der Waals surface area contributed by atoms with E-state index in [1.54, 1.807) is 0 Å².